The first-order valence-electron chi connectivity index (χ1n) is 3.31. The number of aryl methyl sites for hydroxylation is 1. The molecule has 60 valence electrons. The highest BCUT2D eigenvalue weighted by Gasteiger charge is 2.07. The molecule has 0 N–H and O–H groups in total. The van der Waals surface area contributed by atoms with Crippen LogP contribution in [0.2, 0.25) is 0 Å². The molecule has 0 spiro atoms. The Bertz CT molecular complexity index is 258. The SMILES string of the molecule is Cc1cccc(P(Cl)Cl)c1C. The Balaban J connectivity index is 3.17. The Morgan fingerprint density at radius 2 is 1.82 bits per heavy atom. The van der Waals surface area contributed by atoms with Crippen molar-refractivity contribution < 1.29 is 0 Å². The predicted octanol–water partition coefficient (Wildman–Crippen LogP) is 3.72. The third-order valence-corrected chi connectivity index (χ3v) is 3.70. The van der Waals surface area contributed by atoms with E-state index < -0.39 is 6.63 Å². The minimum absolute atomic E-state index is 0.988. The molecule has 0 atom stereocenters. The second-order valence-electron chi connectivity index (χ2n) is 2.45. The van der Waals surface area contributed by atoms with Gasteiger partial charge in [-0.25, -0.2) is 0 Å². The Morgan fingerprint density at radius 3 is 2.27 bits per heavy atom. The van der Waals surface area contributed by atoms with Gasteiger partial charge in [-0.1, -0.05) is 40.7 Å². The molecule has 1 rings (SSSR count). The quantitative estimate of drug-likeness (QED) is 0.615. The number of halogens is 2. The molecular weight excluding hydrogens is 198 g/mol. The molecule has 0 aliphatic rings. The maximum atomic E-state index is 5.81. The number of hydrogen-bond donors (Lipinski definition) is 0. The summed E-state index contributed by atoms with van der Waals surface area (Å²) < 4.78 is 0. The molecule has 0 saturated carbocycles. The van der Waals surface area contributed by atoms with Crippen LogP contribution in [0.4, 0.5) is 0 Å². The number of benzene rings is 1. The summed E-state index contributed by atoms with van der Waals surface area (Å²) >= 11 is 11.6. The summed E-state index contributed by atoms with van der Waals surface area (Å²) in [5, 5.41) is 1.07. The Kier molecular flexibility index (Phi) is 3.18. The maximum Gasteiger partial charge on any atom is 0.117 e. The first-order chi connectivity index (χ1) is 5.13. The third-order valence-electron chi connectivity index (χ3n) is 1.76. The van der Waals surface area contributed by atoms with Crippen LogP contribution in [0.1, 0.15) is 11.1 Å². The fourth-order valence-corrected chi connectivity index (χ4v) is 2.65. The Labute approximate surface area is 77.9 Å². The predicted molar refractivity (Wildman–Crippen MR) is 54.2 cm³/mol. The highest BCUT2D eigenvalue weighted by Crippen LogP contribution is 2.46. The lowest BCUT2D eigenvalue weighted by Crippen LogP contribution is -2.01. The van der Waals surface area contributed by atoms with E-state index in [9.17, 15) is 0 Å². The second kappa shape index (κ2) is 3.76. The van der Waals surface area contributed by atoms with E-state index in [1.807, 2.05) is 19.1 Å². The molecule has 1 aromatic rings. The van der Waals surface area contributed by atoms with E-state index in [0.717, 1.165) is 5.30 Å². The van der Waals surface area contributed by atoms with Crippen LogP contribution in [0.3, 0.4) is 0 Å². The van der Waals surface area contributed by atoms with Gasteiger partial charge in [-0.2, -0.15) is 0 Å². The Hall–Kier alpha value is 0.230. The van der Waals surface area contributed by atoms with E-state index in [4.69, 9.17) is 22.5 Å². The molecule has 11 heavy (non-hydrogen) atoms. The molecule has 0 aliphatic carbocycles. The van der Waals surface area contributed by atoms with Crippen LogP contribution >= 0.6 is 29.1 Å². The fraction of sp³-hybridized carbons (Fsp3) is 0.250. The molecule has 0 aromatic heterocycles. The van der Waals surface area contributed by atoms with Crippen LogP contribution < -0.4 is 5.30 Å². The normalized spacial score (nSPS) is 10.6. The third kappa shape index (κ3) is 2.08. The minimum Gasteiger partial charge on any atom is -0.0727 e. The zero-order valence-corrected chi connectivity index (χ0v) is 8.84. The van der Waals surface area contributed by atoms with Crippen LogP contribution in [-0.2, 0) is 0 Å². The van der Waals surface area contributed by atoms with Crippen molar-refractivity contribution >= 4 is 34.4 Å². The van der Waals surface area contributed by atoms with Crippen molar-refractivity contribution in [3.8, 4) is 0 Å². The molecule has 3 heteroatoms. The van der Waals surface area contributed by atoms with Gasteiger partial charge in [0.05, 0.1) is 0 Å². The van der Waals surface area contributed by atoms with Crippen LogP contribution in [0.25, 0.3) is 0 Å². The zero-order valence-electron chi connectivity index (χ0n) is 6.44. The van der Waals surface area contributed by atoms with Crippen molar-refractivity contribution in [1.29, 1.82) is 0 Å². The maximum absolute atomic E-state index is 5.81. The summed E-state index contributed by atoms with van der Waals surface area (Å²) in [7, 11) is 0. The van der Waals surface area contributed by atoms with Crippen molar-refractivity contribution in [1.82, 2.24) is 0 Å². The molecule has 0 nitrogen and oxygen atoms in total. The standard InChI is InChI=1S/C8H9Cl2P/c1-6-4-3-5-8(7(6)2)11(9)10/h3-5H,1-2H3. The highest BCUT2D eigenvalue weighted by molar-refractivity contribution is 8.08. The highest BCUT2D eigenvalue weighted by atomic mass is 35.9. The molecule has 1 aromatic carbocycles. The first kappa shape index (κ1) is 9.32. The van der Waals surface area contributed by atoms with Gasteiger partial charge in [-0.05, 0) is 25.0 Å². The van der Waals surface area contributed by atoms with Gasteiger partial charge in [0, 0.05) is 5.30 Å². The zero-order chi connectivity index (χ0) is 8.43. The molecule has 0 heterocycles. The van der Waals surface area contributed by atoms with Gasteiger partial charge in [-0.3, -0.25) is 0 Å². The van der Waals surface area contributed by atoms with Gasteiger partial charge in [0.15, 0.2) is 0 Å². The molecule has 0 fully saturated rings. The summed E-state index contributed by atoms with van der Waals surface area (Å²) in [6, 6.07) is 6.03. The van der Waals surface area contributed by atoms with Crippen molar-refractivity contribution in [2.24, 2.45) is 0 Å². The van der Waals surface area contributed by atoms with Gasteiger partial charge in [0.25, 0.3) is 0 Å². The average molecular weight is 207 g/mol. The first-order valence-corrected chi connectivity index (χ1v) is 6.46. The topological polar surface area (TPSA) is 0 Å². The van der Waals surface area contributed by atoms with Gasteiger partial charge in [0.2, 0.25) is 0 Å². The smallest absolute Gasteiger partial charge is 0.0727 e. The van der Waals surface area contributed by atoms with Gasteiger partial charge in [0.1, 0.15) is 6.63 Å². The molecule has 0 bridgehead atoms. The summed E-state index contributed by atoms with van der Waals surface area (Å²) in [5.41, 5.74) is 2.46. The van der Waals surface area contributed by atoms with E-state index in [2.05, 4.69) is 13.0 Å². The average Bonchev–Trinajstić information content (AvgIpc) is 1.94. The summed E-state index contributed by atoms with van der Waals surface area (Å²) in [4.78, 5) is 0. The molecule has 0 aliphatic heterocycles. The van der Waals surface area contributed by atoms with E-state index >= 15 is 0 Å². The molecule has 0 radical (unpaired) electrons. The van der Waals surface area contributed by atoms with E-state index in [0.29, 0.717) is 0 Å². The second-order valence-corrected chi connectivity index (χ2v) is 5.95. The lowest BCUT2D eigenvalue weighted by molar-refractivity contribution is 1.37. The van der Waals surface area contributed by atoms with Crippen LogP contribution in [0.15, 0.2) is 18.2 Å². The van der Waals surface area contributed by atoms with Gasteiger partial charge in [-0.15, -0.1) is 0 Å². The number of hydrogen-bond acceptors (Lipinski definition) is 0. The van der Waals surface area contributed by atoms with Crippen LogP contribution in [0.5, 0.6) is 0 Å². The fourth-order valence-electron chi connectivity index (χ4n) is 0.919. The number of rotatable bonds is 1. The largest absolute Gasteiger partial charge is 0.117 e. The van der Waals surface area contributed by atoms with Gasteiger partial charge < -0.3 is 0 Å². The van der Waals surface area contributed by atoms with E-state index in [1.165, 1.54) is 11.1 Å². The summed E-state index contributed by atoms with van der Waals surface area (Å²) in [6.45, 7) is 3.12. The molecule has 0 unspecified atom stereocenters. The molecule has 0 amide bonds. The lowest BCUT2D eigenvalue weighted by atomic mass is 10.1. The summed E-state index contributed by atoms with van der Waals surface area (Å²) in [6.07, 6.45) is 0. The van der Waals surface area contributed by atoms with Crippen molar-refractivity contribution in [2.75, 3.05) is 0 Å². The van der Waals surface area contributed by atoms with Crippen LogP contribution in [-0.4, -0.2) is 0 Å². The lowest BCUT2D eigenvalue weighted by Gasteiger charge is -2.07. The Morgan fingerprint density at radius 1 is 1.18 bits per heavy atom. The van der Waals surface area contributed by atoms with Gasteiger partial charge >= 0.3 is 0 Å². The van der Waals surface area contributed by atoms with E-state index in [1.54, 1.807) is 0 Å². The molecular formula is C8H9Cl2P. The van der Waals surface area contributed by atoms with Crippen molar-refractivity contribution in [3.63, 3.8) is 0 Å². The minimum atomic E-state index is -0.988. The summed E-state index contributed by atoms with van der Waals surface area (Å²) in [5.74, 6) is 0. The van der Waals surface area contributed by atoms with E-state index in [-0.39, 0.29) is 0 Å². The van der Waals surface area contributed by atoms with Crippen molar-refractivity contribution in [3.05, 3.63) is 29.3 Å². The van der Waals surface area contributed by atoms with Crippen LogP contribution in [0, 0.1) is 13.8 Å². The van der Waals surface area contributed by atoms with Crippen molar-refractivity contribution in [2.45, 2.75) is 13.8 Å². The molecule has 0 saturated heterocycles. The monoisotopic (exact) mass is 206 g/mol.